The van der Waals surface area contributed by atoms with Gasteiger partial charge in [0.15, 0.2) is 11.5 Å². The van der Waals surface area contributed by atoms with Crippen LogP contribution >= 0.6 is 0 Å². The van der Waals surface area contributed by atoms with Gasteiger partial charge in [-0.2, -0.15) is 0 Å². The third kappa shape index (κ3) is 5.62. The fourth-order valence-corrected chi connectivity index (χ4v) is 4.59. The number of fused-ring (bicyclic) bond motifs is 3. The van der Waals surface area contributed by atoms with Crippen LogP contribution in [0.1, 0.15) is 18.1 Å². The summed E-state index contributed by atoms with van der Waals surface area (Å²) in [6, 6.07) is 18.7. The lowest BCUT2D eigenvalue weighted by atomic mass is 10.0. The van der Waals surface area contributed by atoms with Crippen LogP contribution < -0.4 is 15.2 Å². The van der Waals surface area contributed by atoms with Crippen LogP contribution in [0.5, 0.6) is 11.5 Å². The first-order valence-electron chi connectivity index (χ1n) is 12.8. The van der Waals surface area contributed by atoms with Crippen LogP contribution in [0.2, 0.25) is 0 Å². The fourth-order valence-electron chi connectivity index (χ4n) is 4.59. The summed E-state index contributed by atoms with van der Waals surface area (Å²) in [7, 11) is 5.32. The number of nitrogens with zero attached hydrogens (tertiary/aromatic N) is 4. The lowest BCUT2D eigenvalue weighted by Crippen LogP contribution is -2.31. The second kappa shape index (κ2) is 11.4. The maximum absolute atomic E-state index is 6.39. The van der Waals surface area contributed by atoms with Crippen LogP contribution in [0.25, 0.3) is 32.9 Å². The van der Waals surface area contributed by atoms with Crippen LogP contribution in [0.3, 0.4) is 0 Å². The normalized spacial score (nSPS) is 11.8. The molecule has 5 rings (SSSR count). The third-order valence-electron chi connectivity index (χ3n) is 6.93. The monoisotopic (exact) mass is 517 g/mol. The van der Waals surface area contributed by atoms with E-state index >= 15 is 0 Å². The van der Waals surface area contributed by atoms with Gasteiger partial charge in [0.2, 0.25) is 0 Å². The molecule has 7 nitrogen and oxygen atoms in total. The molecule has 7 heteroatoms. The SMILES string of the molecule is COc1cc2ncc3c(N)nc(-c4cncc(C#CCN(C)[C@H](C)Cc5ccccc5)c4)cc3c2cc1OC. The van der Waals surface area contributed by atoms with Gasteiger partial charge in [-0.15, -0.1) is 0 Å². The Morgan fingerprint density at radius 1 is 0.923 bits per heavy atom. The predicted octanol–water partition coefficient (Wildman–Crippen LogP) is 5.36. The standard InChI is InChI=1S/C32H31N5O2/c1-21(13-22-9-6-5-7-10-22)37(2)12-8-11-23-14-24(19-34-18-23)28-15-25-26-16-30(38-3)31(39-4)17-29(26)35-20-27(25)32(33)36-28/h5-7,9-10,14-21H,12-13H2,1-4H3,(H2,33,36)/t21-/m1/s1. The van der Waals surface area contributed by atoms with Crippen molar-refractivity contribution in [2.45, 2.75) is 19.4 Å². The maximum Gasteiger partial charge on any atom is 0.162 e. The van der Waals surface area contributed by atoms with E-state index in [0.29, 0.717) is 35.6 Å². The number of hydrogen-bond donors (Lipinski definition) is 1. The second-order valence-corrected chi connectivity index (χ2v) is 9.55. The zero-order chi connectivity index (χ0) is 27.4. The lowest BCUT2D eigenvalue weighted by molar-refractivity contribution is 0.287. The summed E-state index contributed by atoms with van der Waals surface area (Å²) in [5.41, 5.74) is 10.9. The highest BCUT2D eigenvalue weighted by Gasteiger charge is 2.14. The number of methoxy groups -OCH3 is 2. The van der Waals surface area contributed by atoms with Gasteiger partial charge in [-0.05, 0) is 49.5 Å². The molecule has 0 saturated carbocycles. The van der Waals surface area contributed by atoms with Gasteiger partial charge in [0.1, 0.15) is 5.82 Å². The Kier molecular flexibility index (Phi) is 7.57. The van der Waals surface area contributed by atoms with Crippen LogP contribution in [0.4, 0.5) is 5.82 Å². The number of benzene rings is 2. The molecule has 0 unspecified atom stereocenters. The van der Waals surface area contributed by atoms with Crippen molar-refractivity contribution in [2.75, 3.05) is 33.5 Å². The van der Waals surface area contributed by atoms with Gasteiger partial charge in [0.25, 0.3) is 0 Å². The molecule has 1 atom stereocenters. The average Bonchev–Trinajstić information content (AvgIpc) is 2.96. The molecule has 0 radical (unpaired) electrons. The minimum atomic E-state index is 0.374. The van der Waals surface area contributed by atoms with E-state index < -0.39 is 0 Å². The van der Waals surface area contributed by atoms with Gasteiger partial charge in [0, 0.05) is 52.6 Å². The molecule has 0 saturated heterocycles. The van der Waals surface area contributed by atoms with E-state index in [0.717, 1.165) is 39.2 Å². The van der Waals surface area contributed by atoms with E-state index in [2.05, 4.69) is 69.9 Å². The van der Waals surface area contributed by atoms with Crippen molar-refractivity contribution in [3.8, 4) is 34.6 Å². The number of pyridine rings is 3. The molecule has 2 aromatic carbocycles. The first kappa shape index (κ1) is 26.0. The van der Waals surface area contributed by atoms with Crippen LogP contribution in [-0.2, 0) is 6.42 Å². The molecular weight excluding hydrogens is 486 g/mol. The van der Waals surface area contributed by atoms with Gasteiger partial charge >= 0.3 is 0 Å². The van der Waals surface area contributed by atoms with Crippen molar-refractivity contribution in [1.82, 2.24) is 19.9 Å². The molecule has 0 fully saturated rings. The molecule has 0 amide bonds. The molecule has 0 bridgehead atoms. The zero-order valence-corrected chi connectivity index (χ0v) is 22.6. The number of aromatic nitrogens is 3. The molecule has 0 aliphatic rings. The summed E-state index contributed by atoms with van der Waals surface area (Å²) < 4.78 is 11.0. The van der Waals surface area contributed by atoms with Gasteiger partial charge < -0.3 is 15.2 Å². The van der Waals surface area contributed by atoms with Gasteiger partial charge in [-0.3, -0.25) is 14.9 Å². The molecular formula is C32H31N5O2. The topological polar surface area (TPSA) is 86.4 Å². The summed E-state index contributed by atoms with van der Waals surface area (Å²) in [6.07, 6.45) is 6.27. The second-order valence-electron chi connectivity index (χ2n) is 9.55. The van der Waals surface area contributed by atoms with E-state index in [4.69, 9.17) is 15.2 Å². The Hall–Kier alpha value is -4.67. The lowest BCUT2D eigenvalue weighted by Gasteiger charge is -2.22. The molecule has 0 aliphatic heterocycles. The van der Waals surface area contributed by atoms with E-state index in [1.165, 1.54) is 5.56 Å². The van der Waals surface area contributed by atoms with E-state index in [1.54, 1.807) is 32.8 Å². The highest BCUT2D eigenvalue weighted by Crippen LogP contribution is 2.36. The number of nitrogen functional groups attached to an aromatic ring is 1. The highest BCUT2D eigenvalue weighted by molar-refractivity contribution is 6.10. The van der Waals surface area contributed by atoms with Crippen LogP contribution in [-0.4, -0.2) is 53.7 Å². The Bertz CT molecular complexity index is 1690. The third-order valence-corrected chi connectivity index (χ3v) is 6.93. The Morgan fingerprint density at radius 3 is 2.46 bits per heavy atom. The maximum atomic E-state index is 6.39. The van der Waals surface area contributed by atoms with Crippen molar-refractivity contribution in [3.63, 3.8) is 0 Å². The molecule has 3 aromatic heterocycles. The summed E-state index contributed by atoms with van der Waals surface area (Å²) in [6.45, 7) is 2.88. The quantitative estimate of drug-likeness (QED) is 0.230. The zero-order valence-electron chi connectivity index (χ0n) is 22.6. The Balaban J connectivity index is 1.42. The van der Waals surface area contributed by atoms with Crippen molar-refractivity contribution < 1.29 is 9.47 Å². The number of anilines is 1. The van der Waals surface area contributed by atoms with Crippen LogP contribution in [0, 0.1) is 11.8 Å². The van der Waals surface area contributed by atoms with Gasteiger partial charge in [-0.1, -0.05) is 42.2 Å². The predicted molar refractivity (Wildman–Crippen MR) is 157 cm³/mol. The number of hydrogen-bond acceptors (Lipinski definition) is 7. The van der Waals surface area contributed by atoms with Crippen molar-refractivity contribution >= 4 is 27.5 Å². The first-order chi connectivity index (χ1) is 19.0. The summed E-state index contributed by atoms with van der Waals surface area (Å²) in [5.74, 6) is 8.20. The van der Waals surface area contributed by atoms with Crippen molar-refractivity contribution in [2.24, 2.45) is 0 Å². The summed E-state index contributed by atoms with van der Waals surface area (Å²) in [4.78, 5) is 15.9. The number of likely N-dealkylation sites (N-methyl/N-ethyl adjacent to an activating group) is 1. The minimum absolute atomic E-state index is 0.374. The van der Waals surface area contributed by atoms with E-state index in [1.807, 2.05) is 30.3 Å². The molecule has 196 valence electrons. The number of rotatable bonds is 7. The molecule has 3 heterocycles. The van der Waals surface area contributed by atoms with E-state index in [-0.39, 0.29) is 0 Å². The molecule has 0 spiro atoms. The van der Waals surface area contributed by atoms with Gasteiger partial charge in [0.05, 0.1) is 32.0 Å². The number of ether oxygens (including phenoxy) is 2. The summed E-state index contributed by atoms with van der Waals surface area (Å²) in [5, 5.41) is 2.60. The molecule has 39 heavy (non-hydrogen) atoms. The first-order valence-corrected chi connectivity index (χ1v) is 12.8. The smallest absolute Gasteiger partial charge is 0.162 e. The van der Waals surface area contributed by atoms with Crippen LogP contribution in [0.15, 0.2) is 73.2 Å². The molecule has 2 N–H and O–H groups in total. The molecule has 0 aliphatic carbocycles. The number of nitrogens with two attached hydrogens (primary N) is 1. The van der Waals surface area contributed by atoms with Crippen molar-refractivity contribution in [1.29, 1.82) is 0 Å². The fraction of sp³-hybridized carbons (Fsp3) is 0.219. The Morgan fingerprint density at radius 2 is 1.69 bits per heavy atom. The van der Waals surface area contributed by atoms with Crippen molar-refractivity contribution in [3.05, 3.63) is 84.3 Å². The van der Waals surface area contributed by atoms with E-state index in [9.17, 15) is 0 Å². The molecule has 5 aromatic rings. The Labute approximate surface area is 228 Å². The highest BCUT2D eigenvalue weighted by atomic mass is 16.5. The largest absolute Gasteiger partial charge is 0.493 e. The van der Waals surface area contributed by atoms with Gasteiger partial charge in [-0.25, -0.2) is 4.98 Å². The minimum Gasteiger partial charge on any atom is -0.493 e. The summed E-state index contributed by atoms with van der Waals surface area (Å²) >= 11 is 0. The average molecular weight is 518 g/mol.